The summed E-state index contributed by atoms with van der Waals surface area (Å²) in [7, 11) is 0. The van der Waals surface area contributed by atoms with Crippen molar-refractivity contribution in [3.8, 4) is 10.6 Å². The van der Waals surface area contributed by atoms with Crippen LogP contribution in [0.3, 0.4) is 0 Å². The van der Waals surface area contributed by atoms with Crippen molar-refractivity contribution in [2.45, 2.75) is 12.5 Å². The second-order valence-electron chi connectivity index (χ2n) is 6.39. The van der Waals surface area contributed by atoms with Gasteiger partial charge in [-0.25, -0.2) is 4.98 Å². The van der Waals surface area contributed by atoms with Crippen LogP contribution in [-0.4, -0.2) is 35.5 Å². The van der Waals surface area contributed by atoms with Gasteiger partial charge in [0, 0.05) is 17.5 Å². The van der Waals surface area contributed by atoms with E-state index in [0.29, 0.717) is 24.8 Å². The number of amides is 1. The lowest BCUT2D eigenvalue weighted by Gasteiger charge is -2.36. The van der Waals surface area contributed by atoms with Crippen molar-refractivity contribution in [1.82, 2.24) is 9.88 Å². The molecule has 4 rings (SSSR count). The highest BCUT2D eigenvalue weighted by Gasteiger charge is 2.28. The minimum absolute atomic E-state index is 0.0471. The zero-order chi connectivity index (χ0) is 18.6. The highest BCUT2D eigenvalue weighted by molar-refractivity contribution is 7.13. The average molecular weight is 399 g/mol. The van der Waals surface area contributed by atoms with Crippen LogP contribution in [0.25, 0.3) is 10.6 Å². The summed E-state index contributed by atoms with van der Waals surface area (Å²) in [6.45, 7) is 1.69. The van der Waals surface area contributed by atoms with Gasteiger partial charge in [-0.05, 0) is 11.6 Å². The van der Waals surface area contributed by atoms with Crippen molar-refractivity contribution < 1.29 is 9.53 Å². The second kappa shape index (κ2) is 8.21. The zero-order valence-corrected chi connectivity index (χ0v) is 16.2. The van der Waals surface area contributed by atoms with E-state index in [1.807, 2.05) is 64.9 Å². The zero-order valence-electron chi connectivity index (χ0n) is 14.7. The van der Waals surface area contributed by atoms with Crippen LogP contribution in [0.2, 0.25) is 5.02 Å². The number of thiazole rings is 1. The molecule has 1 atom stereocenters. The third-order valence-electron chi connectivity index (χ3n) is 4.62. The van der Waals surface area contributed by atoms with Gasteiger partial charge in [0.05, 0.1) is 36.4 Å². The van der Waals surface area contributed by atoms with Gasteiger partial charge >= 0.3 is 0 Å². The van der Waals surface area contributed by atoms with E-state index in [4.69, 9.17) is 16.3 Å². The average Bonchev–Trinajstić information content (AvgIpc) is 3.17. The van der Waals surface area contributed by atoms with E-state index in [1.54, 1.807) is 0 Å². The summed E-state index contributed by atoms with van der Waals surface area (Å²) in [6.07, 6.45) is 0.282. The number of aromatic nitrogens is 1. The van der Waals surface area contributed by atoms with Crippen LogP contribution in [-0.2, 0) is 16.0 Å². The summed E-state index contributed by atoms with van der Waals surface area (Å²) in [5.74, 6) is 0.0724. The van der Waals surface area contributed by atoms with Crippen molar-refractivity contribution in [3.63, 3.8) is 0 Å². The first-order chi connectivity index (χ1) is 13.2. The number of hydrogen-bond donors (Lipinski definition) is 0. The molecule has 0 bridgehead atoms. The molecule has 0 radical (unpaired) electrons. The molecule has 1 fully saturated rings. The molecule has 4 nitrogen and oxygen atoms in total. The first kappa shape index (κ1) is 18.2. The molecule has 0 N–H and O–H groups in total. The predicted octanol–water partition coefficient (Wildman–Crippen LogP) is 4.61. The number of hydrogen-bond acceptors (Lipinski definition) is 4. The number of ether oxygens (including phenoxy) is 1. The first-order valence-corrected chi connectivity index (χ1v) is 10.1. The molecule has 0 unspecified atom stereocenters. The van der Waals surface area contributed by atoms with Gasteiger partial charge in [-0.3, -0.25) is 4.79 Å². The molecule has 1 saturated heterocycles. The molecular weight excluding hydrogens is 380 g/mol. The largest absolute Gasteiger partial charge is 0.377 e. The topological polar surface area (TPSA) is 42.4 Å². The molecule has 0 aliphatic carbocycles. The normalized spacial score (nSPS) is 17.1. The number of halogens is 1. The van der Waals surface area contributed by atoms with Crippen LogP contribution in [0.15, 0.2) is 60.0 Å². The van der Waals surface area contributed by atoms with E-state index in [0.717, 1.165) is 21.8 Å². The summed E-state index contributed by atoms with van der Waals surface area (Å²) in [5.41, 5.74) is 2.77. The van der Waals surface area contributed by atoms with Gasteiger partial charge in [0.15, 0.2) is 0 Å². The minimum atomic E-state index is -0.0471. The number of carbonyl (C=O) groups is 1. The van der Waals surface area contributed by atoms with Gasteiger partial charge in [0.1, 0.15) is 5.01 Å². The summed E-state index contributed by atoms with van der Waals surface area (Å²) < 4.78 is 5.62. The fraction of sp³-hybridized carbons (Fsp3) is 0.238. The Hall–Kier alpha value is -2.21. The van der Waals surface area contributed by atoms with Gasteiger partial charge in [0.2, 0.25) is 5.91 Å². The Bertz CT molecular complexity index is 929. The van der Waals surface area contributed by atoms with Gasteiger partial charge < -0.3 is 9.64 Å². The van der Waals surface area contributed by atoms with Gasteiger partial charge in [-0.15, -0.1) is 11.3 Å². The van der Waals surface area contributed by atoms with Crippen molar-refractivity contribution >= 4 is 28.8 Å². The maximum Gasteiger partial charge on any atom is 0.229 e. The Balaban J connectivity index is 1.51. The maximum absolute atomic E-state index is 13.0. The van der Waals surface area contributed by atoms with E-state index in [9.17, 15) is 4.79 Å². The van der Waals surface area contributed by atoms with Crippen LogP contribution in [0.5, 0.6) is 0 Å². The Morgan fingerprint density at radius 3 is 2.78 bits per heavy atom. The Labute approximate surface area is 167 Å². The number of nitrogens with zero attached hydrogens (tertiary/aromatic N) is 2. The molecule has 0 spiro atoms. The Morgan fingerprint density at radius 2 is 1.96 bits per heavy atom. The molecule has 138 valence electrons. The number of benzene rings is 2. The Kier molecular flexibility index (Phi) is 5.53. The molecule has 2 aromatic carbocycles. The first-order valence-electron chi connectivity index (χ1n) is 8.84. The predicted molar refractivity (Wildman–Crippen MR) is 108 cm³/mol. The van der Waals surface area contributed by atoms with Crippen LogP contribution in [0.4, 0.5) is 0 Å². The fourth-order valence-corrected chi connectivity index (χ4v) is 4.40. The van der Waals surface area contributed by atoms with E-state index in [1.165, 1.54) is 11.3 Å². The lowest BCUT2D eigenvalue weighted by Crippen LogP contribution is -2.44. The summed E-state index contributed by atoms with van der Waals surface area (Å²) >= 11 is 7.77. The fourth-order valence-electron chi connectivity index (χ4n) is 3.26. The smallest absolute Gasteiger partial charge is 0.229 e. The van der Waals surface area contributed by atoms with Crippen molar-refractivity contribution in [1.29, 1.82) is 0 Å². The molecule has 1 amide bonds. The van der Waals surface area contributed by atoms with Crippen molar-refractivity contribution in [3.05, 3.63) is 76.3 Å². The summed E-state index contributed by atoms with van der Waals surface area (Å²) in [4.78, 5) is 19.5. The summed E-state index contributed by atoms with van der Waals surface area (Å²) in [6, 6.07) is 17.6. The van der Waals surface area contributed by atoms with Crippen LogP contribution >= 0.6 is 22.9 Å². The van der Waals surface area contributed by atoms with Gasteiger partial charge in [0.25, 0.3) is 0 Å². The van der Waals surface area contributed by atoms with Crippen molar-refractivity contribution in [2.75, 3.05) is 19.8 Å². The Morgan fingerprint density at radius 1 is 1.19 bits per heavy atom. The number of morpholine rings is 1. The molecule has 3 aromatic rings. The molecule has 1 aliphatic rings. The molecule has 27 heavy (non-hydrogen) atoms. The molecular formula is C21H19ClN2O2S. The lowest BCUT2D eigenvalue weighted by molar-refractivity contribution is -0.139. The van der Waals surface area contributed by atoms with Crippen LogP contribution < -0.4 is 0 Å². The van der Waals surface area contributed by atoms with Crippen LogP contribution in [0.1, 0.15) is 17.3 Å². The van der Waals surface area contributed by atoms with Gasteiger partial charge in [-0.1, -0.05) is 60.1 Å². The van der Waals surface area contributed by atoms with E-state index >= 15 is 0 Å². The van der Waals surface area contributed by atoms with Crippen LogP contribution in [0, 0.1) is 0 Å². The maximum atomic E-state index is 13.0. The van der Waals surface area contributed by atoms with E-state index in [-0.39, 0.29) is 18.4 Å². The highest BCUT2D eigenvalue weighted by atomic mass is 35.5. The SMILES string of the molecule is O=C(Cc1csc(-c2ccccc2Cl)n1)N1CCOC[C@@H]1c1ccccc1. The monoisotopic (exact) mass is 398 g/mol. The molecule has 1 aliphatic heterocycles. The van der Waals surface area contributed by atoms with E-state index in [2.05, 4.69) is 4.98 Å². The van der Waals surface area contributed by atoms with Crippen molar-refractivity contribution in [2.24, 2.45) is 0 Å². The third-order valence-corrected chi connectivity index (χ3v) is 5.88. The van der Waals surface area contributed by atoms with E-state index < -0.39 is 0 Å². The number of rotatable bonds is 4. The summed E-state index contributed by atoms with van der Waals surface area (Å²) in [5, 5.41) is 3.45. The third kappa shape index (κ3) is 4.05. The lowest BCUT2D eigenvalue weighted by atomic mass is 10.0. The quantitative estimate of drug-likeness (QED) is 0.644. The molecule has 6 heteroatoms. The highest BCUT2D eigenvalue weighted by Crippen LogP contribution is 2.31. The second-order valence-corrected chi connectivity index (χ2v) is 7.65. The molecule has 2 heterocycles. The number of carbonyl (C=O) groups excluding carboxylic acids is 1. The van der Waals surface area contributed by atoms with Gasteiger partial charge in [-0.2, -0.15) is 0 Å². The molecule has 0 saturated carbocycles. The standard InChI is InChI=1S/C21H19ClN2O2S/c22-18-9-5-4-8-17(18)21-23-16(14-27-21)12-20(25)24-10-11-26-13-19(24)15-6-2-1-3-7-15/h1-9,14,19H,10-13H2/t19-/m1/s1. The minimum Gasteiger partial charge on any atom is -0.377 e. The molecule has 1 aromatic heterocycles.